The lowest BCUT2D eigenvalue weighted by molar-refractivity contribution is -0.143. The van der Waals surface area contributed by atoms with Crippen LogP contribution in [0.1, 0.15) is 79.6 Å². The topological polar surface area (TPSA) is 38.8 Å². The summed E-state index contributed by atoms with van der Waals surface area (Å²) in [6.45, 7) is -12.7. The van der Waals surface area contributed by atoms with Crippen LogP contribution in [-0.2, 0) is 29.8 Å². The molecule has 0 N–H and O–H groups in total. The monoisotopic (exact) mass is 647 g/mol. The van der Waals surface area contributed by atoms with Crippen LogP contribution in [0.2, 0.25) is 0 Å². The Bertz CT molecular complexity index is 1880. The normalized spacial score (nSPS) is 22.2. The first-order valence-corrected chi connectivity index (χ1v) is 12.1. The van der Waals surface area contributed by atoms with Gasteiger partial charge in [0, 0.05) is 24.8 Å². The first-order chi connectivity index (χ1) is 24.2. The second kappa shape index (κ2) is 11.5. The maximum Gasteiger partial charge on any atom is 0.416 e. The summed E-state index contributed by atoms with van der Waals surface area (Å²) in [4.78, 5) is 13.5. The highest BCUT2D eigenvalue weighted by Gasteiger charge is 2.44. The van der Waals surface area contributed by atoms with Crippen molar-refractivity contribution in [2.45, 2.75) is 63.7 Å². The number of amides is 1. The molecule has 4 rings (SSSR count). The van der Waals surface area contributed by atoms with Gasteiger partial charge in [0.05, 0.1) is 36.4 Å². The number of halogens is 10. The second-order valence-corrected chi connectivity index (χ2v) is 9.46. The van der Waals surface area contributed by atoms with Gasteiger partial charge < -0.3 is 9.47 Å². The van der Waals surface area contributed by atoms with Crippen LogP contribution in [0.15, 0.2) is 48.5 Å². The summed E-state index contributed by atoms with van der Waals surface area (Å²) in [7, 11) is 0.901. The third-order valence-corrected chi connectivity index (χ3v) is 6.65. The van der Waals surface area contributed by atoms with Crippen LogP contribution in [0.3, 0.4) is 0 Å². The highest BCUT2D eigenvalue weighted by atomic mass is 19.4. The molecule has 0 spiro atoms. The fourth-order valence-electron chi connectivity index (χ4n) is 4.64. The molecule has 0 radical (unpaired) electrons. The molecule has 0 saturated carbocycles. The molecule has 0 aromatic heterocycles. The fraction of sp³-hybridized carbons (Fsp3) is 0.367. The van der Waals surface area contributed by atoms with E-state index in [0.29, 0.717) is 18.2 Å². The van der Waals surface area contributed by atoms with Crippen molar-refractivity contribution in [1.29, 1.82) is 0 Å². The average Bonchev–Trinajstić information content (AvgIpc) is 3.34. The van der Waals surface area contributed by atoms with Crippen LogP contribution >= 0.6 is 0 Å². The molecule has 3 aromatic carbocycles. The van der Waals surface area contributed by atoms with Crippen molar-refractivity contribution in [3.63, 3.8) is 0 Å². The number of methoxy groups -OCH3 is 1. The Labute approximate surface area is 259 Å². The van der Waals surface area contributed by atoms with Crippen LogP contribution in [-0.4, -0.2) is 24.1 Å². The minimum absolute atomic E-state index is 0.0898. The minimum atomic E-state index is -5.43. The molecule has 1 heterocycles. The van der Waals surface area contributed by atoms with Crippen molar-refractivity contribution < 1.29 is 71.9 Å². The zero-order valence-corrected chi connectivity index (χ0v) is 21.9. The Kier molecular flexibility index (Phi) is 5.67. The number of hydrogen-bond acceptors (Lipinski definition) is 3. The number of carbonyl (C=O) groups is 1. The molecule has 4 nitrogen and oxygen atoms in total. The third kappa shape index (κ3) is 6.43. The molecule has 1 saturated heterocycles. The van der Waals surface area contributed by atoms with E-state index in [0.717, 1.165) is 13.2 Å². The van der Waals surface area contributed by atoms with E-state index >= 15 is 4.39 Å². The molecule has 3 aromatic rings. The molecule has 0 aliphatic carbocycles. The summed E-state index contributed by atoms with van der Waals surface area (Å²) in [5, 5.41) is 0. The second-order valence-electron chi connectivity index (χ2n) is 9.46. The summed E-state index contributed by atoms with van der Waals surface area (Å²) >= 11 is 0. The lowest BCUT2D eigenvalue weighted by Crippen LogP contribution is -2.32. The summed E-state index contributed by atoms with van der Waals surface area (Å²) in [5.74, 6) is -6.15. The molecule has 0 unspecified atom stereocenters. The Morgan fingerprint density at radius 3 is 2.05 bits per heavy atom. The van der Waals surface area contributed by atoms with Crippen molar-refractivity contribution in [2.24, 2.45) is 0 Å². The fourth-order valence-corrected chi connectivity index (χ4v) is 4.64. The van der Waals surface area contributed by atoms with Crippen LogP contribution in [0.5, 0.6) is 5.75 Å². The Morgan fingerprint density at radius 1 is 0.909 bits per heavy atom. The first-order valence-electron chi connectivity index (χ1n) is 17.1. The van der Waals surface area contributed by atoms with Gasteiger partial charge in [-0.1, -0.05) is 19.8 Å². The quantitative estimate of drug-likeness (QED) is 0.250. The van der Waals surface area contributed by atoms with Crippen molar-refractivity contribution >= 4 is 6.09 Å². The summed E-state index contributed by atoms with van der Waals surface area (Å²) in [6, 6.07) is -0.119. The van der Waals surface area contributed by atoms with Crippen molar-refractivity contribution in [1.82, 2.24) is 4.90 Å². The van der Waals surface area contributed by atoms with E-state index in [-0.39, 0.29) is 29.2 Å². The van der Waals surface area contributed by atoms with E-state index in [1.165, 1.54) is 0 Å². The Morgan fingerprint density at radius 2 is 1.52 bits per heavy atom. The molecule has 14 heteroatoms. The molecule has 238 valence electrons. The van der Waals surface area contributed by atoms with Crippen LogP contribution in [0, 0.1) is 5.82 Å². The van der Waals surface area contributed by atoms with Gasteiger partial charge >= 0.3 is 24.6 Å². The molecule has 1 aliphatic heterocycles. The van der Waals surface area contributed by atoms with E-state index in [1.807, 2.05) is 0 Å². The van der Waals surface area contributed by atoms with Crippen LogP contribution < -0.4 is 4.74 Å². The van der Waals surface area contributed by atoms with Crippen molar-refractivity contribution in [2.75, 3.05) is 7.11 Å². The van der Waals surface area contributed by atoms with Gasteiger partial charge in [-0.05, 0) is 71.9 Å². The summed E-state index contributed by atoms with van der Waals surface area (Å²) < 4.78 is 230. The van der Waals surface area contributed by atoms with Gasteiger partial charge in [0.1, 0.15) is 17.7 Å². The van der Waals surface area contributed by atoms with E-state index in [1.54, 1.807) is 0 Å². The van der Waals surface area contributed by atoms with Gasteiger partial charge in [-0.25, -0.2) is 9.18 Å². The van der Waals surface area contributed by atoms with E-state index < -0.39 is 126 Å². The molecule has 1 amide bonds. The van der Waals surface area contributed by atoms with Gasteiger partial charge in [-0.15, -0.1) is 0 Å². The number of nitrogens with zero attached hydrogens (tertiary/aromatic N) is 1. The van der Waals surface area contributed by atoms with Gasteiger partial charge in [0.25, 0.3) is 0 Å². The first kappa shape index (κ1) is 21.7. The highest BCUT2D eigenvalue weighted by Crippen LogP contribution is 2.45. The molecular weight excluding hydrogens is 612 g/mol. The lowest BCUT2D eigenvalue weighted by atomic mass is 9.88. The van der Waals surface area contributed by atoms with Crippen molar-refractivity contribution in [3.8, 4) is 16.9 Å². The maximum atomic E-state index is 15.8. The SMILES string of the molecule is [2H]C([2H])([2H])[C@H]1[C@@H](c2cc(C(F)(F)F)cc(C(F)(F)F)c2)OC(=O)N1Cc1cc(C(F)(F)F)ccc1-c1c(OC)ccc(F)c1C([2H])(C([2H])([2H])[2H])C([2H])([2H])[2H]. The van der Waals surface area contributed by atoms with Gasteiger partial charge in [0.15, 0.2) is 0 Å². The van der Waals surface area contributed by atoms with E-state index in [4.69, 9.17) is 23.2 Å². The maximum absolute atomic E-state index is 15.8. The number of alkyl halides is 9. The largest absolute Gasteiger partial charge is 0.496 e. The number of cyclic esters (lactones) is 1. The molecule has 1 aliphatic rings. The number of ether oxygens (including phenoxy) is 2. The number of benzene rings is 3. The van der Waals surface area contributed by atoms with E-state index in [9.17, 15) is 44.3 Å². The molecule has 0 bridgehead atoms. The predicted octanol–water partition coefficient (Wildman–Crippen LogP) is 9.76. The Hall–Kier alpha value is -3.97. The van der Waals surface area contributed by atoms with Gasteiger partial charge in [0.2, 0.25) is 0 Å². The number of rotatable bonds is 6. The van der Waals surface area contributed by atoms with Gasteiger partial charge in [-0.2, -0.15) is 39.5 Å². The van der Waals surface area contributed by atoms with Crippen molar-refractivity contribution in [3.05, 3.63) is 87.7 Å². The standard InChI is InChI=1S/C30H25F10NO3/c1-14(2)24-22(31)7-8-23(43-4)25(24)21-6-5-18(28(32,33)34)11-17(21)13-41-15(3)26(44-27(41)42)16-9-19(29(35,36)37)12-20(10-16)30(38,39)40/h5-12,14-15,26H,13H2,1-4H3/t15-,26-/m0/s1/i1D3,2D3,3D3,14D. The number of carbonyl (C=O) groups excluding carboxylic acids is 1. The molecule has 44 heavy (non-hydrogen) atoms. The van der Waals surface area contributed by atoms with Crippen LogP contribution in [0.25, 0.3) is 11.1 Å². The molecule has 1 fully saturated rings. The zero-order chi connectivity index (χ0) is 41.4. The zero-order valence-electron chi connectivity index (χ0n) is 31.9. The predicted molar refractivity (Wildman–Crippen MR) is 138 cm³/mol. The smallest absolute Gasteiger partial charge is 0.416 e. The third-order valence-electron chi connectivity index (χ3n) is 6.65. The van der Waals surface area contributed by atoms with Gasteiger partial charge in [-0.3, -0.25) is 4.90 Å². The lowest BCUT2D eigenvalue weighted by Gasteiger charge is -2.25. The minimum Gasteiger partial charge on any atom is -0.496 e. The van der Waals surface area contributed by atoms with E-state index in [2.05, 4.69) is 0 Å². The molecular formula is C30H25F10NO3. The van der Waals surface area contributed by atoms with Crippen LogP contribution in [0.4, 0.5) is 48.7 Å². The summed E-state index contributed by atoms with van der Waals surface area (Å²) in [6.07, 6.45) is -20.3. The Balaban J connectivity index is 2.05. The highest BCUT2D eigenvalue weighted by molar-refractivity contribution is 5.79. The molecule has 2 atom stereocenters. The summed E-state index contributed by atoms with van der Waals surface area (Å²) in [5.41, 5.74) is -10.4. The average molecular weight is 648 g/mol. The number of hydrogen-bond donors (Lipinski definition) is 0.